The highest BCUT2D eigenvalue weighted by atomic mass is 16.1. The summed E-state index contributed by atoms with van der Waals surface area (Å²) in [6.07, 6.45) is 1.85. The van der Waals surface area contributed by atoms with Crippen LogP contribution in [-0.4, -0.2) is 5.91 Å². The summed E-state index contributed by atoms with van der Waals surface area (Å²) < 4.78 is 0. The van der Waals surface area contributed by atoms with Crippen molar-refractivity contribution in [3.63, 3.8) is 0 Å². The average molecular weight is 113 g/mol. The van der Waals surface area contributed by atoms with Crippen molar-refractivity contribution < 1.29 is 4.79 Å². The molecule has 0 unspecified atom stereocenters. The van der Waals surface area contributed by atoms with Crippen LogP contribution in [-0.2, 0) is 4.79 Å². The molecule has 1 amide bonds. The fourth-order valence-electron chi connectivity index (χ4n) is 0.350. The molecule has 0 aliphatic carbocycles. The number of hydrogen-bond acceptors (Lipinski definition) is 1. The van der Waals surface area contributed by atoms with Crippen LogP contribution < -0.4 is 5.32 Å². The molecule has 0 rings (SSSR count). The van der Waals surface area contributed by atoms with E-state index in [1.54, 1.807) is 0 Å². The van der Waals surface area contributed by atoms with Crippen LogP contribution in [0.2, 0.25) is 0 Å². The highest BCUT2D eigenvalue weighted by Crippen LogP contribution is 1.82. The van der Waals surface area contributed by atoms with Crippen LogP contribution in [0.1, 0.15) is 20.8 Å². The first-order chi connectivity index (χ1) is 3.66. The van der Waals surface area contributed by atoms with Crippen molar-refractivity contribution in [2.45, 2.75) is 20.8 Å². The van der Waals surface area contributed by atoms with E-state index in [1.165, 1.54) is 6.92 Å². The van der Waals surface area contributed by atoms with Crippen LogP contribution in [0.5, 0.6) is 0 Å². The van der Waals surface area contributed by atoms with E-state index in [4.69, 9.17) is 0 Å². The zero-order valence-electron chi connectivity index (χ0n) is 5.49. The van der Waals surface area contributed by atoms with Crippen molar-refractivity contribution in [1.82, 2.24) is 5.32 Å². The number of amides is 1. The topological polar surface area (TPSA) is 29.1 Å². The third-order valence-corrected chi connectivity index (χ3v) is 0.806. The maximum Gasteiger partial charge on any atom is 0.220 e. The lowest BCUT2D eigenvalue weighted by Crippen LogP contribution is -2.16. The van der Waals surface area contributed by atoms with Gasteiger partial charge in [-0.15, -0.1) is 0 Å². The third-order valence-electron chi connectivity index (χ3n) is 0.806. The summed E-state index contributed by atoms with van der Waals surface area (Å²) in [5.41, 5.74) is 0.900. The molecule has 0 saturated heterocycles. The van der Waals surface area contributed by atoms with E-state index in [9.17, 15) is 4.79 Å². The Morgan fingerprint density at radius 2 is 2.00 bits per heavy atom. The number of carbonyl (C=O) groups is 1. The Hall–Kier alpha value is -0.790. The minimum Gasteiger partial charge on any atom is -0.331 e. The second kappa shape index (κ2) is 3.24. The second-order valence-electron chi connectivity index (χ2n) is 1.65. The van der Waals surface area contributed by atoms with Crippen LogP contribution in [0.15, 0.2) is 11.8 Å². The highest BCUT2D eigenvalue weighted by Gasteiger charge is 1.87. The molecular weight excluding hydrogens is 102 g/mol. The molecule has 0 aromatic rings. The van der Waals surface area contributed by atoms with Gasteiger partial charge in [0.25, 0.3) is 0 Å². The molecule has 0 heterocycles. The van der Waals surface area contributed by atoms with Gasteiger partial charge in [-0.2, -0.15) is 0 Å². The van der Waals surface area contributed by atoms with Crippen LogP contribution >= 0.6 is 0 Å². The highest BCUT2D eigenvalue weighted by molar-refractivity contribution is 5.74. The first-order valence-electron chi connectivity index (χ1n) is 2.57. The molecule has 0 atom stereocenters. The fourth-order valence-corrected chi connectivity index (χ4v) is 0.350. The molecular formula is C6H11NO. The van der Waals surface area contributed by atoms with Crippen LogP contribution in [0, 0.1) is 0 Å². The first-order valence-corrected chi connectivity index (χ1v) is 2.57. The molecule has 0 radical (unpaired) electrons. The summed E-state index contributed by atoms with van der Waals surface area (Å²) in [5, 5.41) is 2.61. The van der Waals surface area contributed by atoms with Gasteiger partial charge < -0.3 is 5.32 Å². The molecule has 0 aromatic carbocycles. The Morgan fingerprint density at radius 3 is 2.12 bits per heavy atom. The number of allylic oxidation sites excluding steroid dienone is 2. The van der Waals surface area contributed by atoms with E-state index in [0.717, 1.165) is 5.70 Å². The van der Waals surface area contributed by atoms with Gasteiger partial charge in [-0.05, 0) is 13.8 Å². The Kier molecular flexibility index (Phi) is 2.92. The maximum atomic E-state index is 10.3. The van der Waals surface area contributed by atoms with Gasteiger partial charge in [0, 0.05) is 12.6 Å². The van der Waals surface area contributed by atoms with E-state index in [1.807, 2.05) is 19.9 Å². The Bertz CT molecular complexity index is 116. The monoisotopic (exact) mass is 113 g/mol. The standard InChI is InChI=1S/C6H11NO/c1-4-5(2)7-6(3)8/h4H,1-3H3,(H,7,8)/b5-4-. The average Bonchev–Trinajstić information content (AvgIpc) is 1.65. The van der Waals surface area contributed by atoms with Gasteiger partial charge in [0.1, 0.15) is 0 Å². The molecule has 0 aliphatic heterocycles. The van der Waals surface area contributed by atoms with Crippen molar-refractivity contribution in [3.8, 4) is 0 Å². The maximum absolute atomic E-state index is 10.3. The molecule has 0 bridgehead atoms. The Balaban J connectivity index is 3.56. The van der Waals surface area contributed by atoms with Crippen molar-refractivity contribution in [3.05, 3.63) is 11.8 Å². The predicted molar refractivity (Wildman–Crippen MR) is 33.2 cm³/mol. The predicted octanol–water partition coefficient (Wildman–Crippen LogP) is 1.05. The second-order valence-corrected chi connectivity index (χ2v) is 1.65. The van der Waals surface area contributed by atoms with Crippen molar-refractivity contribution in [2.24, 2.45) is 0 Å². The van der Waals surface area contributed by atoms with E-state index < -0.39 is 0 Å². The summed E-state index contributed by atoms with van der Waals surface area (Å²) in [7, 11) is 0. The third kappa shape index (κ3) is 3.40. The van der Waals surface area contributed by atoms with E-state index in [2.05, 4.69) is 5.32 Å². The number of hydrogen-bond donors (Lipinski definition) is 1. The van der Waals surface area contributed by atoms with E-state index >= 15 is 0 Å². The molecule has 2 heteroatoms. The molecule has 1 N–H and O–H groups in total. The van der Waals surface area contributed by atoms with E-state index in [-0.39, 0.29) is 5.91 Å². The van der Waals surface area contributed by atoms with Crippen molar-refractivity contribution in [2.75, 3.05) is 0 Å². The summed E-state index contributed by atoms with van der Waals surface area (Å²) in [4.78, 5) is 10.3. The molecule has 2 nitrogen and oxygen atoms in total. The Labute approximate surface area is 49.6 Å². The number of nitrogens with one attached hydrogen (secondary N) is 1. The molecule has 46 valence electrons. The first kappa shape index (κ1) is 7.21. The molecule has 8 heavy (non-hydrogen) atoms. The van der Waals surface area contributed by atoms with Crippen LogP contribution in [0.4, 0.5) is 0 Å². The minimum absolute atomic E-state index is 0.0133. The van der Waals surface area contributed by atoms with Crippen LogP contribution in [0.3, 0.4) is 0 Å². The van der Waals surface area contributed by atoms with Crippen molar-refractivity contribution in [1.29, 1.82) is 0 Å². The van der Waals surface area contributed by atoms with Gasteiger partial charge >= 0.3 is 0 Å². The largest absolute Gasteiger partial charge is 0.331 e. The molecule has 0 saturated carbocycles. The normalized spacial score (nSPS) is 11.1. The molecule has 0 spiro atoms. The lowest BCUT2D eigenvalue weighted by molar-refractivity contribution is -0.118. The lowest BCUT2D eigenvalue weighted by Gasteiger charge is -1.96. The smallest absolute Gasteiger partial charge is 0.220 e. The van der Waals surface area contributed by atoms with Crippen molar-refractivity contribution >= 4 is 5.91 Å². The quantitative estimate of drug-likeness (QED) is 0.541. The zero-order valence-corrected chi connectivity index (χ0v) is 5.49. The number of rotatable bonds is 1. The van der Waals surface area contributed by atoms with Gasteiger partial charge in [-0.25, -0.2) is 0 Å². The number of carbonyl (C=O) groups excluding carboxylic acids is 1. The van der Waals surface area contributed by atoms with Crippen LogP contribution in [0.25, 0.3) is 0 Å². The summed E-state index contributed by atoms with van der Waals surface area (Å²) in [6, 6.07) is 0. The summed E-state index contributed by atoms with van der Waals surface area (Å²) in [5.74, 6) is -0.0133. The molecule has 0 aliphatic rings. The SMILES string of the molecule is C/C=C(/C)NC(C)=O. The molecule has 0 fully saturated rings. The molecule has 0 aromatic heterocycles. The van der Waals surface area contributed by atoms with Gasteiger partial charge in [0.15, 0.2) is 0 Å². The zero-order chi connectivity index (χ0) is 6.57. The van der Waals surface area contributed by atoms with Gasteiger partial charge in [-0.3, -0.25) is 4.79 Å². The Morgan fingerprint density at radius 1 is 1.50 bits per heavy atom. The minimum atomic E-state index is -0.0133. The van der Waals surface area contributed by atoms with Gasteiger partial charge in [0.05, 0.1) is 0 Å². The van der Waals surface area contributed by atoms with E-state index in [0.29, 0.717) is 0 Å². The lowest BCUT2D eigenvalue weighted by atomic mass is 10.4. The summed E-state index contributed by atoms with van der Waals surface area (Å²) >= 11 is 0. The van der Waals surface area contributed by atoms with Gasteiger partial charge in [-0.1, -0.05) is 6.08 Å². The summed E-state index contributed by atoms with van der Waals surface area (Å²) in [6.45, 7) is 5.22. The van der Waals surface area contributed by atoms with Gasteiger partial charge in [0.2, 0.25) is 5.91 Å². The fraction of sp³-hybridized carbons (Fsp3) is 0.500.